The Morgan fingerprint density at radius 1 is 1.05 bits per heavy atom. The summed E-state index contributed by atoms with van der Waals surface area (Å²) in [6, 6.07) is 16.8. The summed E-state index contributed by atoms with van der Waals surface area (Å²) in [7, 11) is 0. The van der Waals surface area contributed by atoms with Crippen LogP contribution in [0.4, 0.5) is 5.69 Å². The molecule has 0 fully saturated rings. The molecule has 0 aromatic heterocycles. The van der Waals surface area contributed by atoms with E-state index in [1.54, 1.807) is 12.1 Å². The quantitative estimate of drug-likeness (QED) is 0.459. The SMILES string of the molecule is O=C1O[C@@H](NNC(=S)Nc2ccccc2)c2ccccc21. The Kier molecular flexibility index (Phi) is 3.81. The summed E-state index contributed by atoms with van der Waals surface area (Å²) >= 11 is 5.17. The van der Waals surface area contributed by atoms with Crippen molar-refractivity contribution in [3.63, 3.8) is 0 Å². The molecule has 21 heavy (non-hydrogen) atoms. The molecule has 0 saturated heterocycles. The maximum atomic E-state index is 11.7. The summed E-state index contributed by atoms with van der Waals surface area (Å²) in [6.45, 7) is 0. The van der Waals surface area contributed by atoms with E-state index in [9.17, 15) is 4.79 Å². The highest BCUT2D eigenvalue weighted by Gasteiger charge is 2.30. The molecule has 0 bridgehead atoms. The van der Waals surface area contributed by atoms with Gasteiger partial charge < -0.3 is 10.1 Å². The number of anilines is 1. The Hall–Kier alpha value is -2.44. The second-order valence-electron chi connectivity index (χ2n) is 4.46. The minimum Gasteiger partial charge on any atom is -0.437 e. The lowest BCUT2D eigenvalue weighted by molar-refractivity contribution is 0.0289. The number of carbonyl (C=O) groups is 1. The molecule has 6 heteroatoms. The van der Waals surface area contributed by atoms with Gasteiger partial charge in [-0.3, -0.25) is 5.43 Å². The summed E-state index contributed by atoms with van der Waals surface area (Å²) in [5.74, 6) is -0.341. The number of nitrogens with one attached hydrogen (secondary N) is 3. The van der Waals surface area contributed by atoms with Crippen LogP contribution in [0.3, 0.4) is 0 Å². The van der Waals surface area contributed by atoms with Gasteiger partial charge in [0.05, 0.1) is 5.56 Å². The van der Waals surface area contributed by atoms with Crippen LogP contribution in [-0.4, -0.2) is 11.1 Å². The highest BCUT2D eigenvalue weighted by molar-refractivity contribution is 7.80. The lowest BCUT2D eigenvalue weighted by Gasteiger charge is -2.16. The molecular weight excluding hydrogens is 286 g/mol. The predicted molar refractivity (Wildman–Crippen MR) is 83.5 cm³/mol. The Bertz CT molecular complexity index is 676. The van der Waals surface area contributed by atoms with Gasteiger partial charge in [-0.05, 0) is 30.4 Å². The van der Waals surface area contributed by atoms with Crippen LogP contribution < -0.4 is 16.2 Å². The number of cyclic esters (lactones) is 1. The number of thiocarbonyl (C=S) groups is 1. The van der Waals surface area contributed by atoms with E-state index in [0.717, 1.165) is 11.3 Å². The lowest BCUT2D eigenvalue weighted by Crippen LogP contribution is -2.42. The molecule has 0 amide bonds. The second kappa shape index (κ2) is 5.90. The van der Waals surface area contributed by atoms with Crippen LogP contribution in [0.5, 0.6) is 0 Å². The first-order chi connectivity index (χ1) is 10.2. The van der Waals surface area contributed by atoms with Crippen LogP contribution in [0.1, 0.15) is 22.1 Å². The van der Waals surface area contributed by atoms with E-state index < -0.39 is 6.23 Å². The molecule has 5 nitrogen and oxygen atoms in total. The molecule has 1 aliphatic heterocycles. The van der Waals surface area contributed by atoms with Crippen molar-refractivity contribution in [2.45, 2.75) is 6.23 Å². The van der Waals surface area contributed by atoms with Crippen LogP contribution in [0.2, 0.25) is 0 Å². The zero-order valence-electron chi connectivity index (χ0n) is 11.0. The number of fused-ring (bicyclic) bond motifs is 1. The molecule has 0 radical (unpaired) electrons. The molecule has 2 aromatic carbocycles. The van der Waals surface area contributed by atoms with Gasteiger partial charge in [0.2, 0.25) is 0 Å². The molecule has 106 valence electrons. The van der Waals surface area contributed by atoms with Gasteiger partial charge in [0.15, 0.2) is 11.3 Å². The van der Waals surface area contributed by atoms with Crippen molar-refractivity contribution in [2.24, 2.45) is 0 Å². The number of hydrogen-bond acceptors (Lipinski definition) is 4. The number of hydrazine groups is 1. The van der Waals surface area contributed by atoms with Gasteiger partial charge in [-0.1, -0.05) is 36.4 Å². The molecule has 0 unspecified atom stereocenters. The van der Waals surface area contributed by atoms with Gasteiger partial charge >= 0.3 is 5.97 Å². The van der Waals surface area contributed by atoms with Gasteiger partial charge in [0.25, 0.3) is 0 Å². The average molecular weight is 299 g/mol. The molecule has 2 aromatic rings. The van der Waals surface area contributed by atoms with Gasteiger partial charge in [-0.15, -0.1) is 0 Å². The van der Waals surface area contributed by atoms with E-state index in [0.29, 0.717) is 10.7 Å². The Morgan fingerprint density at radius 2 is 1.76 bits per heavy atom. The topological polar surface area (TPSA) is 62.4 Å². The number of esters is 1. The van der Waals surface area contributed by atoms with Crippen molar-refractivity contribution in [1.82, 2.24) is 10.9 Å². The van der Waals surface area contributed by atoms with E-state index in [1.807, 2.05) is 42.5 Å². The average Bonchev–Trinajstić information content (AvgIpc) is 2.83. The first kappa shape index (κ1) is 13.5. The van der Waals surface area contributed by atoms with Crippen molar-refractivity contribution in [3.8, 4) is 0 Å². The minimum atomic E-state index is -0.552. The van der Waals surface area contributed by atoms with Crippen molar-refractivity contribution in [2.75, 3.05) is 5.32 Å². The maximum absolute atomic E-state index is 11.7. The standard InChI is InChI=1S/C15H13N3O2S/c19-14-12-9-5-4-8-11(12)13(20-14)17-18-15(21)16-10-6-2-1-3-7-10/h1-9,13,17H,(H2,16,18,21)/t13-/m1/s1. The van der Waals surface area contributed by atoms with Crippen LogP contribution in [0.25, 0.3) is 0 Å². The van der Waals surface area contributed by atoms with Crippen LogP contribution in [-0.2, 0) is 4.74 Å². The third kappa shape index (κ3) is 3.01. The predicted octanol–water partition coefficient (Wildman–Crippen LogP) is 2.35. The molecule has 0 aliphatic carbocycles. The summed E-state index contributed by atoms with van der Waals surface area (Å²) in [5, 5.41) is 3.41. The highest BCUT2D eigenvalue weighted by Crippen LogP contribution is 2.27. The van der Waals surface area contributed by atoms with Gasteiger partial charge in [0, 0.05) is 11.3 Å². The van der Waals surface area contributed by atoms with Crippen LogP contribution in [0, 0.1) is 0 Å². The fourth-order valence-corrected chi connectivity index (χ4v) is 2.24. The van der Waals surface area contributed by atoms with E-state index in [4.69, 9.17) is 17.0 Å². The number of hydrogen-bond donors (Lipinski definition) is 3. The zero-order chi connectivity index (χ0) is 14.7. The smallest absolute Gasteiger partial charge is 0.340 e. The highest BCUT2D eigenvalue weighted by atomic mass is 32.1. The number of para-hydroxylation sites is 1. The lowest BCUT2D eigenvalue weighted by atomic mass is 10.1. The molecule has 1 aliphatic rings. The monoisotopic (exact) mass is 299 g/mol. The number of carbonyl (C=O) groups excluding carboxylic acids is 1. The van der Waals surface area contributed by atoms with Crippen molar-refractivity contribution >= 4 is 29.0 Å². The normalized spacial score (nSPS) is 16.0. The Morgan fingerprint density at radius 3 is 2.57 bits per heavy atom. The molecule has 1 atom stereocenters. The van der Waals surface area contributed by atoms with E-state index >= 15 is 0 Å². The zero-order valence-corrected chi connectivity index (χ0v) is 11.8. The fraction of sp³-hybridized carbons (Fsp3) is 0.0667. The Balaban J connectivity index is 1.59. The summed E-state index contributed by atoms with van der Waals surface area (Å²) in [5.41, 5.74) is 7.95. The second-order valence-corrected chi connectivity index (χ2v) is 4.87. The van der Waals surface area contributed by atoms with Gasteiger partial charge in [-0.25, -0.2) is 4.79 Å². The molecule has 1 heterocycles. The maximum Gasteiger partial charge on any atom is 0.340 e. The van der Waals surface area contributed by atoms with Crippen molar-refractivity contribution in [1.29, 1.82) is 0 Å². The van der Waals surface area contributed by atoms with E-state index in [2.05, 4.69) is 16.2 Å². The van der Waals surface area contributed by atoms with E-state index in [-0.39, 0.29) is 5.97 Å². The van der Waals surface area contributed by atoms with Gasteiger partial charge in [0.1, 0.15) is 0 Å². The number of ether oxygens (including phenoxy) is 1. The number of rotatable bonds is 3. The van der Waals surface area contributed by atoms with E-state index in [1.165, 1.54) is 0 Å². The first-order valence-corrected chi connectivity index (χ1v) is 6.82. The van der Waals surface area contributed by atoms with Crippen molar-refractivity contribution < 1.29 is 9.53 Å². The first-order valence-electron chi connectivity index (χ1n) is 6.41. The molecule has 0 spiro atoms. The fourth-order valence-electron chi connectivity index (χ4n) is 2.07. The third-order valence-corrected chi connectivity index (χ3v) is 3.24. The van der Waals surface area contributed by atoms with Gasteiger partial charge in [-0.2, -0.15) is 5.43 Å². The van der Waals surface area contributed by atoms with Crippen LogP contribution in [0.15, 0.2) is 54.6 Å². The summed E-state index contributed by atoms with van der Waals surface area (Å²) in [6.07, 6.45) is -0.552. The Labute approximate surface area is 127 Å². The largest absolute Gasteiger partial charge is 0.437 e. The third-order valence-electron chi connectivity index (χ3n) is 3.04. The molecule has 3 N–H and O–H groups in total. The molecular formula is C15H13N3O2S. The van der Waals surface area contributed by atoms with Crippen LogP contribution >= 0.6 is 12.2 Å². The summed E-state index contributed by atoms with van der Waals surface area (Å²) in [4.78, 5) is 11.7. The minimum absolute atomic E-state index is 0.341. The van der Waals surface area contributed by atoms with Crippen molar-refractivity contribution in [3.05, 3.63) is 65.7 Å². The molecule has 0 saturated carbocycles. The molecule has 3 rings (SSSR count). The summed E-state index contributed by atoms with van der Waals surface area (Å²) < 4.78 is 5.23. The number of benzene rings is 2.